The Kier molecular flexibility index (Phi) is 11.9. The summed E-state index contributed by atoms with van der Waals surface area (Å²) in [6, 6.07) is 8.74. The van der Waals surface area contributed by atoms with E-state index in [0.29, 0.717) is 62.7 Å². The van der Waals surface area contributed by atoms with Gasteiger partial charge in [-0.05, 0) is 104 Å². The molecule has 6 atom stereocenters. The van der Waals surface area contributed by atoms with Gasteiger partial charge in [0, 0.05) is 96.4 Å². The number of alkyl halides is 3. The minimum Gasteiger partial charge on any atom is -0.384 e. The van der Waals surface area contributed by atoms with Gasteiger partial charge in [-0.15, -0.1) is 0 Å². The van der Waals surface area contributed by atoms with E-state index in [4.69, 9.17) is 11.6 Å². The van der Waals surface area contributed by atoms with E-state index in [-0.39, 0.29) is 88.1 Å². The highest BCUT2D eigenvalue weighted by molar-refractivity contribution is 6.30. The number of nitrogens with zero attached hydrogens (tertiary/aromatic N) is 3. The van der Waals surface area contributed by atoms with E-state index in [1.54, 1.807) is 18.2 Å². The fraction of sp³-hybridized carbons (Fsp3) is 0.538. The summed E-state index contributed by atoms with van der Waals surface area (Å²) in [5.74, 6) is 4.04. The third-order valence-corrected chi connectivity index (χ3v) is 16.5. The van der Waals surface area contributed by atoms with E-state index in [1.807, 2.05) is 37.8 Å². The molecular formula is C52H56ClF4N7O5. The van der Waals surface area contributed by atoms with Gasteiger partial charge in [-0.3, -0.25) is 34.3 Å². The number of pyridine rings is 1. The zero-order chi connectivity index (χ0) is 48.8. The first kappa shape index (κ1) is 47.2. The number of benzene rings is 2. The number of hydrogen-bond acceptors (Lipinski definition) is 8. The summed E-state index contributed by atoms with van der Waals surface area (Å²) in [7, 11) is 0. The molecule has 1 aromatic heterocycles. The molecule has 2 spiro atoms. The first-order chi connectivity index (χ1) is 32.8. The van der Waals surface area contributed by atoms with Crippen LogP contribution in [0.4, 0.5) is 23.2 Å². The first-order valence-corrected chi connectivity index (χ1v) is 24.5. The number of anilines is 1. The Morgan fingerprint density at radius 1 is 1.00 bits per heavy atom. The van der Waals surface area contributed by atoms with Gasteiger partial charge in [0.2, 0.25) is 23.6 Å². The lowest BCUT2D eigenvalue weighted by Crippen LogP contribution is -2.52. The molecule has 2 aliphatic carbocycles. The Balaban J connectivity index is 0.775. The molecule has 3 aromatic rings. The predicted molar refractivity (Wildman–Crippen MR) is 248 cm³/mol. The van der Waals surface area contributed by atoms with Crippen molar-refractivity contribution in [2.75, 3.05) is 25.0 Å². The number of imide groups is 1. The summed E-state index contributed by atoms with van der Waals surface area (Å²) in [4.78, 5) is 73.6. The number of amides is 5. The minimum absolute atomic E-state index is 0.0437. The molecule has 12 nitrogen and oxygen atoms in total. The smallest absolute Gasteiger partial charge is 0.384 e. The number of fused-ring (bicyclic) bond motifs is 3. The van der Waals surface area contributed by atoms with Gasteiger partial charge in [0.15, 0.2) is 0 Å². The van der Waals surface area contributed by atoms with E-state index >= 15 is 4.39 Å². The summed E-state index contributed by atoms with van der Waals surface area (Å²) in [5, 5.41) is 12.2. The second-order valence-corrected chi connectivity index (χ2v) is 22.0. The van der Waals surface area contributed by atoms with E-state index < -0.39 is 53.1 Å². The third-order valence-electron chi connectivity index (χ3n) is 16.2. The van der Waals surface area contributed by atoms with Crippen LogP contribution in [0.1, 0.15) is 129 Å². The van der Waals surface area contributed by atoms with E-state index in [2.05, 4.69) is 38.1 Å². The molecule has 7 aliphatic rings. The zero-order valence-corrected chi connectivity index (χ0v) is 39.6. The highest BCUT2D eigenvalue weighted by Gasteiger charge is 2.62. The maximum Gasteiger partial charge on any atom is 0.433 e. The fourth-order valence-electron chi connectivity index (χ4n) is 12.5. The average Bonchev–Trinajstić information content (AvgIpc) is 3.51. The van der Waals surface area contributed by atoms with Crippen molar-refractivity contribution >= 4 is 46.8 Å². The van der Waals surface area contributed by atoms with Crippen molar-refractivity contribution in [1.82, 2.24) is 30.7 Å². The number of carbonyl (C=O) groups is 5. The lowest BCUT2D eigenvalue weighted by Gasteiger charge is -2.39. The number of piperidine rings is 2. The van der Waals surface area contributed by atoms with Crippen LogP contribution in [0.25, 0.3) is 0 Å². The topological polar surface area (TPSA) is 153 Å². The number of rotatable bonds is 6. The molecule has 17 heteroatoms. The summed E-state index contributed by atoms with van der Waals surface area (Å²) in [6.45, 7) is 7.82. The Labute approximate surface area is 403 Å². The number of nitrogens with one attached hydrogen (secondary N) is 4. The van der Waals surface area contributed by atoms with E-state index in [1.165, 1.54) is 17.2 Å². The van der Waals surface area contributed by atoms with Crippen molar-refractivity contribution in [3.63, 3.8) is 0 Å². The molecule has 2 aromatic carbocycles. The standard InChI is InChI=1S/C52H56ClF4N7O5/c1-49(2,3)24-40-51(27-59-37-22-39(52(55,56)57)58-25-35(37)51)42(33-8-5-9-36(53)43(33)54)44(61-40)46(67)60-31-14-11-29(12-15-31)47(68)63-20-18-50(19-21-63)23-30(50)13-10-28-6-4-7-32-34(28)26-64(48(32)69)38-16-17-41(65)62-45(38)66/h4-9,22,25,29-31,38,40,42,44,59,61H,11-12,14-21,23-24,26-27H2,1-3H3,(H,60,67)(H,62,65,66)/t29?,30-,31?,38-,40-,42-,44+,51-/m0/s1. The van der Waals surface area contributed by atoms with E-state index in [9.17, 15) is 37.1 Å². The summed E-state index contributed by atoms with van der Waals surface area (Å²) >= 11 is 6.37. The average molecular weight is 971 g/mol. The highest BCUT2D eigenvalue weighted by Crippen LogP contribution is 2.60. The maximum absolute atomic E-state index is 16.3. The van der Waals surface area contributed by atoms with Crippen molar-refractivity contribution in [1.29, 1.82) is 0 Å². The normalized spacial score (nSPS) is 29.3. The molecular weight excluding hydrogens is 914 g/mol. The van der Waals surface area contributed by atoms with Crippen molar-refractivity contribution in [3.05, 3.63) is 93.0 Å². The number of carbonyl (C=O) groups excluding carboxylic acids is 5. The van der Waals surface area contributed by atoms with Crippen LogP contribution >= 0.6 is 11.6 Å². The van der Waals surface area contributed by atoms with Gasteiger partial charge in [-0.1, -0.05) is 62.4 Å². The molecule has 5 fully saturated rings. The van der Waals surface area contributed by atoms with Crippen LogP contribution < -0.4 is 21.3 Å². The molecule has 10 rings (SSSR count). The quantitative estimate of drug-likeness (QED) is 0.115. The van der Waals surface area contributed by atoms with Crippen molar-refractivity contribution in [2.45, 2.75) is 133 Å². The van der Waals surface area contributed by atoms with Crippen LogP contribution in [-0.2, 0) is 37.3 Å². The van der Waals surface area contributed by atoms with Crippen molar-refractivity contribution < 1.29 is 41.5 Å². The zero-order valence-electron chi connectivity index (χ0n) is 38.8. The number of halogens is 5. The Morgan fingerprint density at radius 2 is 1.74 bits per heavy atom. The molecule has 5 aliphatic heterocycles. The second-order valence-electron chi connectivity index (χ2n) is 21.6. The molecule has 3 saturated heterocycles. The van der Waals surface area contributed by atoms with Crippen LogP contribution in [0.15, 0.2) is 48.7 Å². The second kappa shape index (κ2) is 17.4. The molecule has 0 bridgehead atoms. The van der Waals surface area contributed by atoms with Crippen molar-refractivity contribution in [2.24, 2.45) is 22.7 Å². The Bertz CT molecular complexity index is 2700. The number of hydrogen-bond donors (Lipinski definition) is 4. The minimum atomic E-state index is -4.67. The van der Waals surface area contributed by atoms with Gasteiger partial charge in [0.25, 0.3) is 5.91 Å². The van der Waals surface area contributed by atoms with Gasteiger partial charge in [-0.2, -0.15) is 13.2 Å². The van der Waals surface area contributed by atoms with Gasteiger partial charge >= 0.3 is 6.18 Å². The molecule has 0 radical (unpaired) electrons. The largest absolute Gasteiger partial charge is 0.433 e. The molecule has 5 amide bonds. The number of aromatic nitrogens is 1. The summed E-state index contributed by atoms with van der Waals surface area (Å²) in [6.07, 6.45) is 2.53. The lowest BCUT2D eigenvalue weighted by atomic mass is 9.63. The Morgan fingerprint density at radius 3 is 2.45 bits per heavy atom. The predicted octanol–water partition coefficient (Wildman–Crippen LogP) is 7.23. The van der Waals surface area contributed by atoms with Crippen LogP contribution in [0.5, 0.6) is 0 Å². The van der Waals surface area contributed by atoms with Gasteiger partial charge in [0.05, 0.1) is 11.1 Å². The SMILES string of the molecule is CC(C)(C)C[C@@H]1N[C@@H](C(=O)NC2CCC(C(=O)N3CCC4(CC3)C[C@@H]4C#Cc3cccc4c3CN([C@H]3CCC(=O)NC3=O)C4=O)CC2)[C@H](c2cccc(Cl)c2F)[C@]12CNc1cc(C(F)(F)F)ncc12. The molecule has 69 heavy (non-hydrogen) atoms. The highest BCUT2D eigenvalue weighted by atomic mass is 35.5. The van der Waals surface area contributed by atoms with Crippen LogP contribution in [0, 0.1) is 40.3 Å². The Hall–Kier alpha value is -5.53. The van der Waals surface area contributed by atoms with Gasteiger partial charge in [-0.25, -0.2) is 4.39 Å². The molecule has 0 unspecified atom stereocenters. The van der Waals surface area contributed by atoms with Crippen molar-refractivity contribution in [3.8, 4) is 11.8 Å². The number of likely N-dealkylation sites (tertiary alicyclic amines) is 1. The molecule has 6 heterocycles. The summed E-state index contributed by atoms with van der Waals surface area (Å²) in [5.41, 5.74) is 0.671. The molecule has 364 valence electrons. The maximum atomic E-state index is 16.3. The fourth-order valence-corrected chi connectivity index (χ4v) is 12.7. The van der Waals surface area contributed by atoms with Gasteiger partial charge in [0.1, 0.15) is 17.6 Å². The lowest BCUT2D eigenvalue weighted by molar-refractivity contribution is -0.141. The molecule has 4 N–H and O–H groups in total. The summed E-state index contributed by atoms with van der Waals surface area (Å²) < 4.78 is 57.8. The third kappa shape index (κ3) is 8.55. The van der Waals surface area contributed by atoms with E-state index in [0.717, 1.165) is 36.5 Å². The van der Waals surface area contributed by atoms with Gasteiger partial charge < -0.3 is 25.8 Å². The van der Waals surface area contributed by atoms with Crippen LogP contribution in [-0.4, -0.2) is 88.1 Å². The monoisotopic (exact) mass is 969 g/mol. The first-order valence-electron chi connectivity index (χ1n) is 24.2. The van der Waals surface area contributed by atoms with Crippen LogP contribution in [0.2, 0.25) is 5.02 Å². The molecule has 2 saturated carbocycles. The van der Waals surface area contributed by atoms with Crippen LogP contribution in [0.3, 0.4) is 0 Å².